The van der Waals surface area contributed by atoms with Gasteiger partial charge >= 0.3 is 5.97 Å². The monoisotopic (exact) mass is 459 g/mol. The predicted octanol–water partition coefficient (Wildman–Crippen LogP) is 4.30. The average Bonchev–Trinajstić information content (AvgIpc) is 2.74. The van der Waals surface area contributed by atoms with Gasteiger partial charge in [0.1, 0.15) is 17.3 Å². The van der Waals surface area contributed by atoms with Gasteiger partial charge in [-0.1, -0.05) is 29.8 Å². The third-order valence-electron chi connectivity index (χ3n) is 5.38. The molecule has 1 heterocycles. The highest BCUT2D eigenvalue weighted by Crippen LogP contribution is 2.37. The van der Waals surface area contributed by atoms with Crippen molar-refractivity contribution in [1.82, 2.24) is 4.57 Å². The molecule has 3 aromatic rings. The maximum absolute atomic E-state index is 14.7. The van der Waals surface area contributed by atoms with E-state index < -0.39 is 23.3 Å². The van der Waals surface area contributed by atoms with Crippen molar-refractivity contribution < 1.29 is 24.1 Å². The molecule has 0 aliphatic rings. The fraction of sp³-hybridized carbons (Fsp3) is 0.250. The summed E-state index contributed by atoms with van der Waals surface area (Å²) in [6.45, 7) is 1.95. The topological polar surface area (TPSA) is 88.8 Å². The summed E-state index contributed by atoms with van der Waals surface area (Å²) in [5.41, 5.74) is 0.674. The summed E-state index contributed by atoms with van der Waals surface area (Å²) in [7, 11) is 1.19. The van der Waals surface area contributed by atoms with Crippen molar-refractivity contribution in [2.24, 2.45) is 0 Å². The van der Waals surface area contributed by atoms with Gasteiger partial charge in [-0.15, -0.1) is 0 Å². The molecule has 0 aliphatic carbocycles. The molecule has 0 bridgehead atoms. The van der Waals surface area contributed by atoms with Crippen LogP contribution in [-0.4, -0.2) is 27.9 Å². The number of carbonyl (C=O) groups excluding carboxylic acids is 1. The number of aryl methyl sites for hydroxylation is 2. The molecule has 168 valence electrons. The van der Waals surface area contributed by atoms with Gasteiger partial charge in [0.2, 0.25) is 0 Å². The molecule has 8 heteroatoms. The second-order valence-corrected chi connectivity index (χ2v) is 7.83. The molecule has 0 saturated heterocycles. The lowest BCUT2D eigenvalue weighted by molar-refractivity contribution is -0.140. The van der Waals surface area contributed by atoms with Crippen LogP contribution in [0.15, 0.2) is 53.3 Å². The number of esters is 1. The van der Waals surface area contributed by atoms with E-state index in [1.54, 1.807) is 31.2 Å². The molecule has 0 radical (unpaired) electrons. The van der Waals surface area contributed by atoms with Crippen molar-refractivity contribution in [3.05, 3.63) is 92.1 Å². The maximum atomic E-state index is 14.7. The van der Waals surface area contributed by atoms with Crippen molar-refractivity contribution in [3.63, 3.8) is 0 Å². The number of aromatic nitrogens is 1. The number of benzene rings is 2. The van der Waals surface area contributed by atoms with Crippen molar-refractivity contribution in [1.29, 1.82) is 0 Å². The summed E-state index contributed by atoms with van der Waals surface area (Å²) in [6.07, 6.45) is 0.105. The summed E-state index contributed by atoms with van der Waals surface area (Å²) >= 11 is 6.23. The summed E-state index contributed by atoms with van der Waals surface area (Å²) in [4.78, 5) is 25.5. The first-order valence-corrected chi connectivity index (χ1v) is 10.3. The molecule has 0 amide bonds. The average molecular weight is 460 g/mol. The number of hydrogen-bond acceptors (Lipinski definition) is 5. The number of phenolic OH excluding ortho intramolecular Hbond substituents is 1. The molecule has 0 unspecified atom stereocenters. The zero-order valence-electron chi connectivity index (χ0n) is 17.6. The van der Waals surface area contributed by atoms with Crippen LogP contribution in [0.25, 0.3) is 0 Å². The second kappa shape index (κ2) is 9.87. The number of carbonyl (C=O) groups is 1. The fourth-order valence-corrected chi connectivity index (χ4v) is 4.01. The first kappa shape index (κ1) is 23.3. The number of aromatic hydroxyl groups is 2. The van der Waals surface area contributed by atoms with E-state index in [1.807, 2.05) is 0 Å². The lowest BCUT2D eigenvalue weighted by Gasteiger charge is -2.21. The van der Waals surface area contributed by atoms with Gasteiger partial charge in [-0.05, 0) is 49.2 Å². The molecule has 0 fully saturated rings. The molecule has 2 N–H and O–H groups in total. The minimum atomic E-state index is -1.14. The van der Waals surface area contributed by atoms with Crippen molar-refractivity contribution >= 4 is 17.6 Å². The highest BCUT2D eigenvalue weighted by Gasteiger charge is 2.30. The SMILES string of the molecule is COC(=O)C[C@@H](c1c(F)cccc1Cl)c1c(O)cc(C)n(CCc2ccc(O)cc2)c1=O. The molecule has 2 aromatic carbocycles. The van der Waals surface area contributed by atoms with Gasteiger partial charge in [-0.2, -0.15) is 0 Å². The van der Waals surface area contributed by atoms with E-state index in [9.17, 15) is 24.2 Å². The van der Waals surface area contributed by atoms with E-state index >= 15 is 0 Å². The minimum Gasteiger partial charge on any atom is -0.508 e. The summed E-state index contributed by atoms with van der Waals surface area (Å²) in [6, 6.07) is 12.1. The number of hydrogen-bond donors (Lipinski definition) is 2. The lowest BCUT2D eigenvalue weighted by atomic mass is 9.87. The molecule has 0 saturated carbocycles. The van der Waals surface area contributed by atoms with Gasteiger partial charge in [-0.3, -0.25) is 9.59 Å². The van der Waals surface area contributed by atoms with E-state index in [0.717, 1.165) is 5.56 Å². The third kappa shape index (κ3) is 4.94. The largest absolute Gasteiger partial charge is 0.508 e. The first-order valence-electron chi connectivity index (χ1n) is 9.94. The van der Waals surface area contributed by atoms with Crippen LogP contribution in [0.3, 0.4) is 0 Å². The zero-order chi connectivity index (χ0) is 23.4. The molecular weight excluding hydrogens is 437 g/mol. The Kier molecular flexibility index (Phi) is 7.20. The van der Waals surface area contributed by atoms with E-state index in [4.69, 9.17) is 16.3 Å². The van der Waals surface area contributed by atoms with Crippen LogP contribution in [0.4, 0.5) is 4.39 Å². The molecule has 0 spiro atoms. The molecule has 1 atom stereocenters. The molecular formula is C24H23ClFNO5. The normalized spacial score (nSPS) is 11.9. The van der Waals surface area contributed by atoms with Crippen LogP contribution in [0.5, 0.6) is 11.5 Å². The summed E-state index contributed by atoms with van der Waals surface area (Å²) in [5, 5.41) is 20.1. The smallest absolute Gasteiger partial charge is 0.306 e. The summed E-state index contributed by atoms with van der Waals surface area (Å²) < 4.78 is 20.9. The van der Waals surface area contributed by atoms with E-state index in [-0.39, 0.29) is 40.6 Å². The molecule has 1 aromatic heterocycles. The minimum absolute atomic E-state index is 0.0360. The Morgan fingerprint density at radius 3 is 2.47 bits per heavy atom. The Hall–Kier alpha value is -3.32. The molecule has 32 heavy (non-hydrogen) atoms. The van der Waals surface area contributed by atoms with Gasteiger partial charge in [0.05, 0.1) is 19.1 Å². The van der Waals surface area contributed by atoms with Gasteiger partial charge in [0, 0.05) is 28.7 Å². The van der Waals surface area contributed by atoms with E-state index in [2.05, 4.69) is 0 Å². The van der Waals surface area contributed by atoms with Crippen LogP contribution in [0.1, 0.15) is 34.7 Å². The second-order valence-electron chi connectivity index (χ2n) is 7.43. The number of nitrogens with zero attached hydrogens (tertiary/aromatic N) is 1. The third-order valence-corrected chi connectivity index (χ3v) is 5.71. The lowest BCUT2D eigenvalue weighted by Crippen LogP contribution is -2.29. The maximum Gasteiger partial charge on any atom is 0.306 e. The number of methoxy groups -OCH3 is 1. The number of ether oxygens (including phenoxy) is 1. The van der Waals surface area contributed by atoms with E-state index in [0.29, 0.717) is 12.1 Å². The molecule has 3 rings (SSSR count). The Bertz CT molecular complexity index is 1170. The van der Waals surface area contributed by atoms with Crippen molar-refractivity contribution in [2.45, 2.75) is 32.2 Å². The number of phenols is 1. The quantitative estimate of drug-likeness (QED) is 0.514. The van der Waals surface area contributed by atoms with Gasteiger partial charge in [-0.25, -0.2) is 4.39 Å². The zero-order valence-corrected chi connectivity index (χ0v) is 18.4. The standard InChI is InChI=1S/C24H23ClFNO5/c1-14-12-20(29)23(24(31)27(14)11-10-15-6-8-16(28)9-7-15)17(13-21(30)32-2)22-18(25)4-3-5-19(22)26/h3-9,12,17,28-29H,10-11,13H2,1-2H3/t17-/m0/s1. The Labute approximate surface area is 189 Å². The number of pyridine rings is 1. The van der Waals surface area contributed by atoms with Crippen LogP contribution in [-0.2, 0) is 22.5 Å². The van der Waals surface area contributed by atoms with Crippen LogP contribution < -0.4 is 5.56 Å². The number of halogens is 2. The van der Waals surface area contributed by atoms with Crippen molar-refractivity contribution in [3.8, 4) is 11.5 Å². The van der Waals surface area contributed by atoms with Gasteiger partial charge in [0.25, 0.3) is 5.56 Å². The fourth-order valence-electron chi connectivity index (χ4n) is 3.72. The molecule has 6 nitrogen and oxygen atoms in total. The molecule has 0 aliphatic heterocycles. The van der Waals surface area contributed by atoms with Crippen LogP contribution >= 0.6 is 11.6 Å². The van der Waals surface area contributed by atoms with Gasteiger partial charge in [0.15, 0.2) is 0 Å². The predicted molar refractivity (Wildman–Crippen MR) is 119 cm³/mol. The Morgan fingerprint density at radius 1 is 1.16 bits per heavy atom. The first-order chi connectivity index (χ1) is 15.2. The van der Waals surface area contributed by atoms with Crippen LogP contribution in [0, 0.1) is 12.7 Å². The van der Waals surface area contributed by atoms with Crippen LogP contribution in [0.2, 0.25) is 5.02 Å². The highest BCUT2D eigenvalue weighted by atomic mass is 35.5. The van der Waals surface area contributed by atoms with Crippen molar-refractivity contribution in [2.75, 3.05) is 7.11 Å². The Balaban J connectivity index is 2.10. The Morgan fingerprint density at radius 2 is 1.84 bits per heavy atom. The van der Waals surface area contributed by atoms with E-state index in [1.165, 1.54) is 35.9 Å². The highest BCUT2D eigenvalue weighted by molar-refractivity contribution is 6.31. The van der Waals surface area contributed by atoms with Gasteiger partial charge < -0.3 is 19.5 Å². The summed E-state index contributed by atoms with van der Waals surface area (Å²) in [5.74, 6) is -2.71. The number of rotatable bonds is 7.